The smallest absolute Gasteiger partial charge is 0.338 e. The van der Waals surface area contributed by atoms with E-state index in [1.54, 1.807) is 25.5 Å². The molecule has 8 heteroatoms. The summed E-state index contributed by atoms with van der Waals surface area (Å²) >= 11 is 1.32. The number of aromatic nitrogens is 1. The SMILES string of the molecule is CCOC(=O)C1=C(C)N=c2s/c(=C/c3ccc(N(CC)CC)cc3)c(=O)n2C1c1c(OC)ccc2ccccc12. The van der Waals surface area contributed by atoms with Crippen LogP contribution in [0.1, 0.15) is 44.9 Å². The lowest BCUT2D eigenvalue weighted by Gasteiger charge is -2.27. The van der Waals surface area contributed by atoms with Gasteiger partial charge in [0.25, 0.3) is 5.56 Å². The van der Waals surface area contributed by atoms with E-state index >= 15 is 0 Å². The summed E-state index contributed by atoms with van der Waals surface area (Å²) in [6.07, 6.45) is 1.89. The molecule has 0 radical (unpaired) electrons. The second-order valence-corrected chi connectivity index (χ2v) is 10.5. The fraction of sp³-hybridized carbons (Fsp3) is 0.281. The molecular weight excluding hydrogens is 522 g/mol. The third-order valence-corrected chi connectivity index (χ3v) is 8.24. The van der Waals surface area contributed by atoms with E-state index in [1.165, 1.54) is 11.3 Å². The van der Waals surface area contributed by atoms with Gasteiger partial charge in [-0.05, 0) is 68.3 Å². The second-order valence-electron chi connectivity index (χ2n) is 9.47. The summed E-state index contributed by atoms with van der Waals surface area (Å²) in [6.45, 7) is 9.88. The third-order valence-electron chi connectivity index (χ3n) is 7.26. The van der Waals surface area contributed by atoms with Crippen LogP contribution >= 0.6 is 11.3 Å². The molecular formula is C32H33N3O4S. The van der Waals surface area contributed by atoms with Crippen LogP contribution in [-0.4, -0.2) is 37.3 Å². The highest BCUT2D eigenvalue weighted by molar-refractivity contribution is 7.07. The van der Waals surface area contributed by atoms with E-state index in [2.05, 4.69) is 30.9 Å². The molecule has 1 atom stereocenters. The predicted molar refractivity (Wildman–Crippen MR) is 161 cm³/mol. The van der Waals surface area contributed by atoms with Crippen molar-refractivity contribution in [3.63, 3.8) is 0 Å². The summed E-state index contributed by atoms with van der Waals surface area (Å²) < 4.78 is 13.4. The van der Waals surface area contributed by atoms with E-state index in [1.807, 2.05) is 54.6 Å². The van der Waals surface area contributed by atoms with Gasteiger partial charge in [0.15, 0.2) is 4.80 Å². The van der Waals surface area contributed by atoms with Crippen LogP contribution in [0.25, 0.3) is 16.8 Å². The van der Waals surface area contributed by atoms with Gasteiger partial charge < -0.3 is 14.4 Å². The van der Waals surface area contributed by atoms with E-state index in [4.69, 9.17) is 14.5 Å². The van der Waals surface area contributed by atoms with Gasteiger partial charge in [-0.3, -0.25) is 9.36 Å². The number of hydrogen-bond acceptors (Lipinski definition) is 7. The number of carbonyl (C=O) groups is 1. The molecule has 1 aromatic heterocycles. The van der Waals surface area contributed by atoms with E-state index in [0.717, 1.165) is 40.7 Å². The minimum absolute atomic E-state index is 0.211. The molecule has 0 saturated heterocycles. The van der Waals surface area contributed by atoms with Crippen molar-refractivity contribution >= 4 is 39.8 Å². The highest BCUT2D eigenvalue weighted by Crippen LogP contribution is 2.40. The first-order chi connectivity index (χ1) is 19.4. The normalized spacial score (nSPS) is 15.1. The Morgan fingerprint density at radius 2 is 1.77 bits per heavy atom. The van der Waals surface area contributed by atoms with Crippen LogP contribution in [0.4, 0.5) is 5.69 Å². The molecule has 0 amide bonds. The molecule has 0 bridgehead atoms. The van der Waals surface area contributed by atoms with Crippen molar-refractivity contribution in [3.8, 4) is 5.75 Å². The number of methoxy groups -OCH3 is 1. The van der Waals surface area contributed by atoms with Crippen LogP contribution in [0, 0.1) is 0 Å². The van der Waals surface area contributed by atoms with Gasteiger partial charge in [0, 0.05) is 24.3 Å². The van der Waals surface area contributed by atoms with Gasteiger partial charge in [-0.1, -0.05) is 53.8 Å². The zero-order valence-electron chi connectivity index (χ0n) is 23.4. The van der Waals surface area contributed by atoms with Gasteiger partial charge in [0.2, 0.25) is 0 Å². The molecule has 0 N–H and O–H groups in total. The topological polar surface area (TPSA) is 73.1 Å². The molecule has 206 valence electrons. The van der Waals surface area contributed by atoms with Gasteiger partial charge in [-0.25, -0.2) is 9.79 Å². The Kier molecular flexibility index (Phi) is 7.89. The van der Waals surface area contributed by atoms with Crippen LogP contribution < -0.4 is 24.5 Å². The number of thiazole rings is 1. The van der Waals surface area contributed by atoms with Crippen molar-refractivity contribution in [3.05, 3.63) is 103 Å². The third kappa shape index (κ3) is 4.84. The number of carbonyl (C=O) groups excluding carboxylic acids is 1. The number of rotatable bonds is 8. The quantitative estimate of drug-likeness (QED) is 0.292. The average Bonchev–Trinajstić information content (AvgIpc) is 3.27. The Morgan fingerprint density at radius 1 is 1.05 bits per heavy atom. The van der Waals surface area contributed by atoms with Crippen molar-refractivity contribution < 1.29 is 14.3 Å². The number of ether oxygens (including phenoxy) is 2. The molecule has 1 aliphatic heterocycles. The van der Waals surface area contributed by atoms with Gasteiger partial charge >= 0.3 is 5.97 Å². The number of nitrogens with zero attached hydrogens (tertiary/aromatic N) is 3. The van der Waals surface area contributed by atoms with Gasteiger partial charge in [-0.2, -0.15) is 0 Å². The van der Waals surface area contributed by atoms with Crippen LogP contribution in [0.2, 0.25) is 0 Å². The number of hydrogen-bond donors (Lipinski definition) is 0. The first-order valence-electron chi connectivity index (χ1n) is 13.5. The van der Waals surface area contributed by atoms with Crippen LogP contribution in [0.3, 0.4) is 0 Å². The highest BCUT2D eigenvalue weighted by Gasteiger charge is 2.36. The maximum atomic E-state index is 14.1. The second kappa shape index (κ2) is 11.5. The van der Waals surface area contributed by atoms with E-state index in [-0.39, 0.29) is 12.2 Å². The number of fused-ring (bicyclic) bond motifs is 2. The fourth-order valence-electron chi connectivity index (χ4n) is 5.32. The van der Waals surface area contributed by atoms with Crippen LogP contribution in [-0.2, 0) is 9.53 Å². The van der Waals surface area contributed by atoms with E-state index in [0.29, 0.717) is 26.4 Å². The Morgan fingerprint density at radius 3 is 2.45 bits per heavy atom. The molecule has 4 aromatic rings. The van der Waals surface area contributed by atoms with Crippen LogP contribution in [0.5, 0.6) is 5.75 Å². The summed E-state index contributed by atoms with van der Waals surface area (Å²) in [5, 5.41) is 1.87. The zero-order chi connectivity index (χ0) is 28.4. The van der Waals surface area contributed by atoms with Gasteiger partial charge in [-0.15, -0.1) is 0 Å². The summed E-state index contributed by atoms with van der Waals surface area (Å²) in [6, 6.07) is 19.2. The molecule has 7 nitrogen and oxygen atoms in total. The molecule has 2 heterocycles. The maximum Gasteiger partial charge on any atom is 0.338 e. The number of anilines is 1. The standard InChI is InChI=1S/C32H33N3O4S/c1-6-34(7-2)23-16-13-21(14-17-23)19-26-30(36)35-29(27(31(37)39-8-3)20(4)33-32(35)40-26)28-24-12-10-9-11-22(24)15-18-25(28)38-5/h9-19,29H,6-8H2,1-5H3/b26-19+. The first-order valence-corrected chi connectivity index (χ1v) is 14.3. The first kappa shape index (κ1) is 27.4. The minimum Gasteiger partial charge on any atom is -0.496 e. The molecule has 5 rings (SSSR count). The van der Waals surface area contributed by atoms with Gasteiger partial charge in [0.05, 0.1) is 29.5 Å². The average molecular weight is 556 g/mol. The predicted octanol–water partition coefficient (Wildman–Crippen LogP) is 4.81. The lowest BCUT2D eigenvalue weighted by atomic mass is 9.90. The molecule has 1 aliphatic rings. The molecule has 1 unspecified atom stereocenters. The Bertz CT molecular complexity index is 1780. The van der Waals surface area contributed by atoms with Crippen molar-refractivity contribution in [2.75, 3.05) is 31.7 Å². The van der Waals surface area contributed by atoms with Crippen molar-refractivity contribution in [2.24, 2.45) is 4.99 Å². The zero-order valence-corrected chi connectivity index (χ0v) is 24.2. The van der Waals surface area contributed by atoms with Crippen molar-refractivity contribution in [2.45, 2.75) is 33.7 Å². The summed E-state index contributed by atoms with van der Waals surface area (Å²) in [5.74, 6) is 0.0896. The summed E-state index contributed by atoms with van der Waals surface area (Å²) in [7, 11) is 1.60. The Labute approximate surface area is 237 Å². The molecule has 0 aliphatic carbocycles. The number of allylic oxidation sites excluding steroid dienone is 1. The van der Waals surface area contributed by atoms with Crippen LogP contribution in [0.15, 0.2) is 81.7 Å². The molecule has 0 fully saturated rings. The minimum atomic E-state index is -0.761. The number of esters is 1. The monoisotopic (exact) mass is 555 g/mol. The van der Waals surface area contributed by atoms with Crippen molar-refractivity contribution in [1.82, 2.24) is 4.57 Å². The van der Waals surface area contributed by atoms with E-state index < -0.39 is 12.0 Å². The maximum absolute atomic E-state index is 14.1. The Hall–Kier alpha value is -4.17. The van der Waals surface area contributed by atoms with Gasteiger partial charge in [0.1, 0.15) is 11.8 Å². The number of benzene rings is 3. The largest absolute Gasteiger partial charge is 0.496 e. The molecule has 40 heavy (non-hydrogen) atoms. The fourth-order valence-corrected chi connectivity index (χ4v) is 6.37. The molecule has 0 spiro atoms. The highest BCUT2D eigenvalue weighted by atomic mass is 32.1. The van der Waals surface area contributed by atoms with E-state index in [9.17, 15) is 9.59 Å². The lowest BCUT2D eigenvalue weighted by Crippen LogP contribution is -2.40. The summed E-state index contributed by atoms with van der Waals surface area (Å²) in [5.41, 5.74) is 3.43. The summed E-state index contributed by atoms with van der Waals surface area (Å²) in [4.78, 5) is 35.0. The lowest BCUT2D eigenvalue weighted by molar-refractivity contribution is -0.139. The van der Waals surface area contributed by atoms with Crippen molar-refractivity contribution in [1.29, 1.82) is 0 Å². The molecule has 3 aromatic carbocycles. The molecule has 0 saturated carbocycles. The Balaban J connectivity index is 1.75.